The minimum Gasteiger partial charge on any atom is -0.491 e. The lowest BCUT2D eigenvalue weighted by Gasteiger charge is -2.32. The summed E-state index contributed by atoms with van der Waals surface area (Å²) in [6.45, 7) is 2.55. The number of rotatable bonds is 9. The molecule has 1 saturated heterocycles. The molecule has 1 aliphatic rings. The summed E-state index contributed by atoms with van der Waals surface area (Å²) in [5.74, 6) is 0.763. The standard InChI is InChI=1S/C22H26ClF3N2O4S/c23-20-5-4-18(22(24,25)26)13-21(20)33(30,31)27-14-16-6-8-28(9-7-16)15-17-2-1-3-19(12-17)32-11-10-29/h1-5,12-13,16,27,29H,6-11,14-15H2. The monoisotopic (exact) mass is 506 g/mol. The maximum Gasteiger partial charge on any atom is 0.416 e. The molecule has 182 valence electrons. The van der Waals surface area contributed by atoms with Gasteiger partial charge in [0.05, 0.1) is 17.2 Å². The summed E-state index contributed by atoms with van der Waals surface area (Å²) in [7, 11) is -4.17. The number of nitrogens with one attached hydrogen (secondary N) is 1. The van der Waals surface area contributed by atoms with Crippen LogP contribution in [0.4, 0.5) is 13.2 Å². The normalized spacial score (nSPS) is 16.2. The Morgan fingerprint density at radius 3 is 2.55 bits per heavy atom. The van der Waals surface area contributed by atoms with Crippen LogP contribution in [0.1, 0.15) is 24.0 Å². The van der Waals surface area contributed by atoms with Crippen LogP contribution >= 0.6 is 11.6 Å². The summed E-state index contributed by atoms with van der Waals surface area (Å²) in [6, 6.07) is 9.90. The first kappa shape index (κ1) is 25.8. The van der Waals surface area contributed by atoms with Crippen molar-refractivity contribution in [2.24, 2.45) is 5.92 Å². The van der Waals surface area contributed by atoms with Gasteiger partial charge in [-0.25, -0.2) is 13.1 Å². The Morgan fingerprint density at radius 2 is 1.88 bits per heavy atom. The molecule has 1 aliphatic heterocycles. The van der Waals surface area contributed by atoms with E-state index < -0.39 is 26.7 Å². The highest BCUT2D eigenvalue weighted by Gasteiger charge is 2.33. The molecule has 11 heteroatoms. The summed E-state index contributed by atoms with van der Waals surface area (Å²) in [4.78, 5) is 1.68. The van der Waals surface area contributed by atoms with E-state index in [4.69, 9.17) is 21.4 Å². The van der Waals surface area contributed by atoms with Crippen molar-refractivity contribution >= 4 is 21.6 Å². The molecule has 0 unspecified atom stereocenters. The molecule has 0 atom stereocenters. The predicted octanol–water partition coefficient (Wildman–Crippen LogP) is 3.92. The summed E-state index contributed by atoms with van der Waals surface area (Å²) < 4.78 is 71.9. The van der Waals surface area contributed by atoms with Gasteiger partial charge in [-0.05, 0) is 67.7 Å². The molecular formula is C22H26ClF3N2O4S. The van der Waals surface area contributed by atoms with Crippen molar-refractivity contribution in [1.82, 2.24) is 9.62 Å². The van der Waals surface area contributed by atoms with E-state index in [2.05, 4.69) is 9.62 Å². The van der Waals surface area contributed by atoms with Gasteiger partial charge >= 0.3 is 6.18 Å². The van der Waals surface area contributed by atoms with E-state index in [0.717, 1.165) is 43.6 Å². The Bertz CT molecular complexity index is 1040. The first-order valence-electron chi connectivity index (χ1n) is 10.5. The summed E-state index contributed by atoms with van der Waals surface area (Å²) in [5.41, 5.74) is 0.00944. The third-order valence-electron chi connectivity index (χ3n) is 5.48. The average Bonchev–Trinajstić information content (AvgIpc) is 2.77. The Balaban J connectivity index is 1.52. The summed E-state index contributed by atoms with van der Waals surface area (Å²) in [6.07, 6.45) is -3.16. The van der Waals surface area contributed by atoms with Crippen molar-refractivity contribution in [1.29, 1.82) is 0 Å². The number of benzene rings is 2. The molecule has 0 aliphatic carbocycles. The number of ether oxygens (including phenoxy) is 1. The lowest BCUT2D eigenvalue weighted by molar-refractivity contribution is -0.137. The SMILES string of the molecule is O=S(=O)(NCC1CCN(Cc2cccc(OCCO)c2)CC1)c1cc(C(F)(F)F)ccc1Cl. The molecule has 2 N–H and O–H groups in total. The van der Waals surface area contributed by atoms with Gasteiger partial charge in [0.25, 0.3) is 0 Å². The van der Waals surface area contributed by atoms with E-state index in [1.165, 1.54) is 0 Å². The lowest BCUT2D eigenvalue weighted by atomic mass is 9.97. The van der Waals surface area contributed by atoms with Crippen molar-refractivity contribution in [3.8, 4) is 5.75 Å². The van der Waals surface area contributed by atoms with Crippen molar-refractivity contribution in [3.63, 3.8) is 0 Å². The van der Waals surface area contributed by atoms with Crippen LogP contribution in [0.25, 0.3) is 0 Å². The van der Waals surface area contributed by atoms with Gasteiger partial charge in [-0.1, -0.05) is 23.7 Å². The second-order valence-electron chi connectivity index (χ2n) is 7.93. The van der Waals surface area contributed by atoms with Gasteiger partial charge in [0.15, 0.2) is 0 Å². The van der Waals surface area contributed by atoms with Crippen molar-refractivity contribution in [3.05, 3.63) is 58.6 Å². The molecule has 0 spiro atoms. The molecule has 3 rings (SSSR count). The Hall–Kier alpha value is -1.85. The van der Waals surface area contributed by atoms with Crippen molar-refractivity contribution in [2.75, 3.05) is 32.8 Å². The Morgan fingerprint density at radius 1 is 1.15 bits per heavy atom. The van der Waals surface area contributed by atoms with Gasteiger partial charge in [0.1, 0.15) is 17.3 Å². The van der Waals surface area contributed by atoms with Crippen molar-refractivity contribution < 1.29 is 31.4 Å². The molecule has 6 nitrogen and oxygen atoms in total. The van der Waals surface area contributed by atoms with E-state index in [9.17, 15) is 21.6 Å². The number of nitrogens with zero attached hydrogens (tertiary/aromatic N) is 1. The number of hydrogen-bond acceptors (Lipinski definition) is 5. The Kier molecular flexibility index (Phi) is 8.63. The van der Waals surface area contributed by atoms with Crippen LogP contribution in [0.3, 0.4) is 0 Å². The van der Waals surface area contributed by atoms with Gasteiger partial charge in [-0.2, -0.15) is 13.2 Å². The van der Waals surface area contributed by atoms with Crippen LogP contribution in [0, 0.1) is 5.92 Å². The zero-order valence-electron chi connectivity index (χ0n) is 17.8. The van der Waals surface area contributed by atoms with Crippen LogP contribution in [-0.2, 0) is 22.7 Å². The highest BCUT2D eigenvalue weighted by Crippen LogP contribution is 2.33. The third kappa shape index (κ3) is 7.31. The van der Waals surface area contributed by atoms with Crippen LogP contribution in [-0.4, -0.2) is 51.3 Å². The second kappa shape index (κ2) is 11.1. The molecule has 1 fully saturated rings. The maximum absolute atomic E-state index is 13.0. The Labute approximate surface area is 196 Å². The fourth-order valence-electron chi connectivity index (χ4n) is 3.69. The number of hydrogen-bond donors (Lipinski definition) is 2. The molecule has 0 bridgehead atoms. The average molecular weight is 507 g/mol. The predicted molar refractivity (Wildman–Crippen MR) is 119 cm³/mol. The third-order valence-corrected chi connectivity index (χ3v) is 7.39. The first-order chi connectivity index (χ1) is 15.6. The van der Waals surface area contributed by atoms with Gasteiger partial charge in [0, 0.05) is 13.1 Å². The fraction of sp³-hybridized carbons (Fsp3) is 0.455. The number of sulfonamides is 1. The van der Waals surface area contributed by atoms with Crippen molar-refractivity contribution in [2.45, 2.75) is 30.5 Å². The molecule has 0 saturated carbocycles. The maximum atomic E-state index is 13.0. The van der Waals surface area contributed by atoms with Crippen LogP contribution < -0.4 is 9.46 Å². The number of aliphatic hydroxyl groups is 1. The number of likely N-dealkylation sites (tertiary alicyclic amines) is 1. The van der Waals surface area contributed by atoms with Crippen LogP contribution in [0.5, 0.6) is 5.75 Å². The molecule has 0 aromatic heterocycles. The molecule has 2 aromatic carbocycles. The van der Waals surface area contributed by atoms with Gasteiger partial charge in [-0.15, -0.1) is 0 Å². The van der Waals surface area contributed by atoms with E-state index in [-0.39, 0.29) is 30.7 Å². The minimum absolute atomic E-state index is 0.0541. The zero-order valence-corrected chi connectivity index (χ0v) is 19.4. The van der Waals surface area contributed by atoms with Crippen LogP contribution in [0.15, 0.2) is 47.4 Å². The van der Waals surface area contributed by atoms with E-state index in [0.29, 0.717) is 18.4 Å². The zero-order chi connectivity index (χ0) is 24.1. The van der Waals surface area contributed by atoms with Crippen LogP contribution in [0.2, 0.25) is 5.02 Å². The molecule has 33 heavy (non-hydrogen) atoms. The molecule has 1 heterocycles. The topological polar surface area (TPSA) is 78.9 Å². The first-order valence-corrected chi connectivity index (χ1v) is 12.4. The second-order valence-corrected chi connectivity index (χ2v) is 10.1. The summed E-state index contributed by atoms with van der Waals surface area (Å²) >= 11 is 5.87. The molecule has 2 aromatic rings. The van der Waals surface area contributed by atoms with E-state index in [1.807, 2.05) is 24.3 Å². The number of halogens is 4. The number of alkyl halides is 3. The van der Waals surface area contributed by atoms with E-state index >= 15 is 0 Å². The molecule has 0 amide bonds. The summed E-state index contributed by atoms with van der Waals surface area (Å²) in [5, 5.41) is 8.62. The van der Waals surface area contributed by atoms with Gasteiger partial charge in [0.2, 0.25) is 10.0 Å². The fourth-order valence-corrected chi connectivity index (χ4v) is 5.33. The minimum atomic E-state index is -4.66. The quantitative estimate of drug-likeness (QED) is 0.539. The van der Waals surface area contributed by atoms with E-state index in [1.54, 1.807) is 0 Å². The number of piperidine rings is 1. The largest absolute Gasteiger partial charge is 0.491 e. The molecular weight excluding hydrogens is 481 g/mol. The molecule has 0 radical (unpaired) electrons. The smallest absolute Gasteiger partial charge is 0.416 e. The number of aliphatic hydroxyl groups excluding tert-OH is 1. The van der Waals surface area contributed by atoms with Gasteiger partial charge in [-0.3, -0.25) is 4.90 Å². The highest BCUT2D eigenvalue weighted by atomic mass is 35.5. The lowest BCUT2D eigenvalue weighted by Crippen LogP contribution is -2.38. The highest BCUT2D eigenvalue weighted by molar-refractivity contribution is 7.89. The van der Waals surface area contributed by atoms with Gasteiger partial charge < -0.3 is 9.84 Å².